The van der Waals surface area contributed by atoms with Gasteiger partial charge in [0.15, 0.2) is 0 Å². The number of nitrogen functional groups attached to an aromatic ring is 1. The molecule has 5 heteroatoms. The predicted molar refractivity (Wildman–Crippen MR) is 56.2 cm³/mol. The van der Waals surface area contributed by atoms with Crippen molar-refractivity contribution in [3.05, 3.63) is 23.3 Å². The average molecular weight is 204 g/mol. The molecule has 5 nitrogen and oxygen atoms in total. The highest BCUT2D eigenvalue weighted by Gasteiger charge is 2.16. The lowest BCUT2D eigenvalue weighted by molar-refractivity contribution is 0.393. The number of aryl methyl sites for hydroxylation is 2. The van der Waals surface area contributed by atoms with Gasteiger partial charge in [0.1, 0.15) is 17.9 Å². The van der Waals surface area contributed by atoms with Crippen molar-refractivity contribution in [2.75, 3.05) is 5.73 Å². The molecule has 0 amide bonds. The summed E-state index contributed by atoms with van der Waals surface area (Å²) in [6.45, 7) is 5.62. The first-order valence-electron chi connectivity index (χ1n) is 4.61. The van der Waals surface area contributed by atoms with Gasteiger partial charge in [-0.25, -0.2) is 9.97 Å². The minimum Gasteiger partial charge on any atom is -0.383 e. The highest BCUT2D eigenvalue weighted by atomic mass is 16.5. The molecule has 78 valence electrons. The molecule has 0 aliphatic carbocycles. The zero-order chi connectivity index (χ0) is 11.0. The van der Waals surface area contributed by atoms with Gasteiger partial charge in [0.25, 0.3) is 0 Å². The molecule has 0 bridgehead atoms. The van der Waals surface area contributed by atoms with Crippen LogP contribution in [0.2, 0.25) is 0 Å². The van der Waals surface area contributed by atoms with Crippen LogP contribution < -0.4 is 5.73 Å². The van der Waals surface area contributed by atoms with Crippen molar-refractivity contribution >= 4 is 5.82 Å². The van der Waals surface area contributed by atoms with Crippen molar-refractivity contribution in [3.8, 4) is 11.3 Å². The Morgan fingerprint density at radius 1 is 1.20 bits per heavy atom. The Labute approximate surface area is 87.3 Å². The summed E-state index contributed by atoms with van der Waals surface area (Å²) in [5, 5.41) is 3.89. The molecule has 0 unspecified atom stereocenters. The maximum Gasteiger partial charge on any atom is 0.143 e. The summed E-state index contributed by atoms with van der Waals surface area (Å²) in [6, 6.07) is 0. The van der Waals surface area contributed by atoms with Gasteiger partial charge in [0.05, 0.1) is 17.0 Å². The van der Waals surface area contributed by atoms with Crippen molar-refractivity contribution in [1.29, 1.82) is 0 Å². The van der Waals surface area contributed by atoms with Crippen LogP contribution in [0.15, 0.2) is 10.9 Å². The Balaban J connectivity index is 2.69. The fourth-order valence-electron chi connectivity index (χ4n) is 1.54. The summed E-state index contributed by atoms with van der Waals surface area (Å²) in [7, 11) is 0. The lowest BCUT2D eigenvalue weighted by Gasteiger charge is -2.05. The summed E-state index contributed by atoms with van der Waals surface area (Å²) in [5.74, 6) is 1.23. The zero-order valence-electron chi connectivity index (χ0n) is 8.90. The molecule has 15 heavy (non-hydrogen) atoms. The minimum atomic E-state index is 0.486. The topological polar surface area (TPSA) is 77.8 Å². The third kappa shape index (κ3) is 1.45. The lowest BCUT2D eigenvalue weighted by Crippen LogP contribution is -1.99. The first kappa shape index (κ1) is 9.64. The smallest absolute Gasteiger partial charge is 0.143 e. The second-order valence-corrected chi connectivity index (χ2v) is 3.43. The van der Waals surface area contributed by atoms with Gasteiger partial charge in [0, 0.05) is 5.56 Å². The monoisotopic (exact) mass is 204 g/mol. The molecule has 0 saturated carbocycles. The van der Waals surface area contributed by atoms with Gasteiger partial charge in [-0.1, -0.05) is 5.16 Å². The summed E-state index contributed by atoms with van der Waals surface area (Å²) in [6.07, 6.45) is 1.45. The Bertz CT molecular complexity index is 485. The molecule has 2 aromatic heterocycles. The van der Waals surface area contributed by atoms with Gasteiger partial charge in [-0.2, -0.15) is 0 Å². The van der Waals surface area contributed by atoms with Gasteiger partial charge in [-0.3, -0.25) is 0 Å². The van der Waals surface area contributed by atoms with Crippen LogP contribution in [0.3, 0.4) is 0 Å². The zero-order valence-corrected chi connectivity index (χ0v) is 8.90. The van der Waals surface area contributed by atoms with Crippen LogP contribution in [0.4, 0.5) is 5.82 Å². The quantitative estimate of drug-likeness (QED) is 0.763. The second kappa shape index (κ2) is 3.34. The van der Waals surface area contributed by atoms with Crippen molar-refractivity contribution in [2.24, 2.45) is 0 Å². The Kier molecular flexibility index (Phi) is 2.15. The molecule has 2 N–H and O–H groups in total. The Hall–Kier alpha value is -1.91. The number of aromatic nitrogens is 3. The first-order valence-corrected chi connectivity index (χ1v) is 4.61. The largest absolute Gasteiger partial charge is 0.383 e. The molecule has 0 aliphatic heterocycles. The lowest BCUT2D eigenvalue weighted by atomic mass is 10.1. The van der Waals surface area contributed by atoms with E-state index in [4.69, 9.17) is 10.3 Å². The molecule has 0 radical (unpaired) electrons. The molecule has 2 rings (SSSR count). The number of hydrogen-bond acceptors (Lipinski definition) is 5. The molecule has 0 fully saturated rings. The number of nitrogens with zero attached hydrogens (tertiary/aromatic N) is 3. The molecular formula is C10H12N4O. The van der Waals surface area contributed by atoms with Crippen LogP contribution in [0.5, 0.6) is 0 Å². The fourth-order valence-corrected chi connectivity index (χ4v) is 1.54. The van der Waals surface area contributed by atoms with Gasteiger partial charge >= 0.3 is 0 Å². The minimum absolute atomic E-state index is 0.486. The molecule has 2 aromatic rings. The van der Waals surface area contributed by atoms with E-state index in [-0.39, 0.29) is 0 Å². The van der Waals surface area contributed by atoms with Crippen molar-refractivity contribution < 1.29 is 4.52 Å². The van der Waals surface area contributed by atoms with E-state index < -0.39 is 0 Å². The summed E-state index contributed by atoms with van der Waals surface area (Å²) < 4.78 is 5.09. The summed E-state index contributed by atoms with van der Waals surface area (Å²) in [5.41, 5.74) is 9.09. The summed E-state index contributed by atoms with van der Waals surface area (Å²) in [4.78, 5) is 8.14. The first-order chi connectivity index (χ1) is 7.11. The third-order valence-electron chi connectivity index (χ3n) is 2.39. The SMILES string of the molecule is Cc1noc(C)c1-c1ncnc(N)c1C. The predicted octanol–water partition coefficient (Wildman–Crippen LogP) is 1.64. The number of anilines is 1. The van der Waals surface area contributed by atoms with Crippen LogP contribution in [0.1, 0.15) is 17.0 Å². The highest BCUT2D eigenvalue weighted by molar-refractivity contribution is 5.70. The van der Waals surface area contributed by atoms with Crippen LogP contribution >= 0.6 is 0 Å². The van der Waals surface area contributed by atoms with E-state index in [0.717, 1.165) is 28.3 Å². The van der Waals surface area contributed by atoms with E-state index in [1.807, 2.05) is 20.8 Å². The van der Waals surface area contributed by atoms with Gasteiger partial charge in [0.2, 0.25) is 0 Å². The van der Waals surface area contributed by atoms with E-state index in [2.05, 4.69) is 15.1 Å². The summed E-state index contributed by atoms with van der Waals surface area (Å²) >= 11 is 0. The Morgan fingerprint density at radius 3 is 2.53 bits per heavy atom. The van der Waals surface area contributed by atoms with Crippen LogP contribution in [0, 0.1) is 20.8 Å². The molecule has 0 saturated heterocycles. The maximum atomic E-state index is 5.72. The highest BCUT2D eigenvalue weighted by Crippen LogP contribution is 2.28. The molecule has 0 aliphatic rings. The number of nitrogens with two attached hydrogens (primary N) is 1. The maximum absolute atomic E-state index is 5.72. The van der Waals surface area contributed by atoms with E-state index in [0.29, 0.717) is 5.82 Å². The van der Waals surface area contributed by atoms with Crippen LogP contribution in [-0.4, -0.2) is 15.1 Å². The van der Waals surface area contributed by atoms with Gasteiger partial charge in [-0.15, -0.1) is 0 Å². The van der Waals surface area contributed by atoms with E-state index in [1.165, 1.54) is 6.33 Å². The third-order valence-corrected chi connectivity index (χ3v) is 2.39. The van der Waals surface area contributed by atoms with Crippen molar-refractivity contribution in [3.63, 3.8) is 0 Å². The number of rotatable bonds is 1. The standard InChI is InChI=1S/C10H12N4O/c1-5-9(12-4-13-10(5)11)8-6(2)14-15-7(8)3/h4H,1-3H3,(H2,11,12,13). The van der Waals surface area contributed by atoms with Crippen LogP contribution in [-0.2, 0) is 0 Å². The van der Waals surface area contributed by atoms with E-state index in [1.54, 1.807) is 0 Å². The second-order valence-electron chi connectivity index (χ2n) is 3.43. The molecular weight excluding hydrogens is 192 g/mol. The van der Waals surface area contributed by atoms with Crippen molar-refractivity contribution in [2.45, 2.75) is 20.8 Å². The Morgan fingerprint density at radius 2 is 1.93 bits per heavy atom. The molecule has 0 spiro atoms. The van der Waals surface area contributed by atoms with Crippen molar-refractivity contribution in [1.82, 2.24) is 15.1 Å². The fraction of sp³-hybridized carbons (Fsp3) is 0.300. The van der Waals surface area contributed by atoms with E-state index >= 15 is 0 Å². The number of hydrogen-bond donors (Lipinski definition) is 1. The van der Waals surface area contributed by atoms with Gasteiger partial charge < -0.3 is 10.3 Å². The molecule has 2 heterocycles. The molecule has 0 aromatic carbocycles. The van der Waals surface area contributed by atoms with Crippen LogP contribution in [0.25, 0.3) is 11.3 Å². The average Bonchev–Trinajstić information content (AvgIpc) is 2.52. The van der Waals surface area contributed by atoms with Gasteiger partial charge in [-0.05, 0) is 20.8 Å². The van der Waals surface area contributed by atoms with E-state index in [9.17, 15) is 0 Å². The normalized spacial score (nSPS) is 10.6. The molecule has 0 atom stereocenters.